The van der Waals surface area contributed by atoms with Crippen LogP contribution in [0.15, 0.2) is 5.16 Å². The minimum Gasteiger partial charge on any atom is -0.409 e. The van der Waals surface area contributed by atoms with Crippen LogP contribution in [0.3, 0.4) is 0 Å². The fraction of sp³-hybridized carbons (Fsp3) is 0.889. The zero-order chi connectivity index (χ0) is 11.0. The molecule has 0 aromatic carbocycles. The maximum Gasteiger partial charge on any atom is 0.153 e. The van der Waals surface area contributed by atoms with E-state index < -0.39 is 0 Å². The van der Waals surface area contributed by atoms with Gasteiger partial charge in [-0.2, -0.15) is 0 Å². The van der Waals surface area contributed by atoms with Crippen molar-refractivity contribution in [3.63, 3.8) is 0 Å². The molecule has 0 saturated carbocycles. The Hall–Kier alpha value is -0.810. The minimum atomic E-state index is 0.187. The summed E-state index contributed by atoms with van der Waals surface area (Å²) in [6, 6.07) is 0.232. The fourth-order valence-corrected chi connectivity index (χ4v) is 1.00. The van der Waals surface area contributed by atoms with Gasteiger partial charge in [0.15, 0.2) is 5.84 Å². The van der Waals surface area contributed by atoms with Gasteiger partial charge in [-0.15, -0.1) is 0 Å². The van der Waals surface area contributed by atoms with E-state index in [0.717, 1.165) is 0 Å². The Morgan fingerprint density at radius 2 is 2.21 bits per heavy atom. The van der Waals surface area contributed by atoms with Crippen LogP contribution in [0.1, 0.15) is 20.8 Å². The number of nitrogens with one attached hydrogen (secondary N) is 1. The summed E-state index contributed by atoms with van der Waals surface area (Å²) in [5.41, 5.74) is 5.35. The molecule has 1 unspecified atom stereocenters. The third-order valence-corrected chi connectivity index (χ3v) is 1.98. The van der Waals surface area contributed by atoms with E-state index in [0.29, 0.717) is 25.7 Å². The Labute approximate surface area is 85.3 Å². The molecule has 1 atom stereocenters. The average molecular weight is 203 g/mol. The van der Waals surface area contributed by atoms with Crippen molar-refractivity contribution in [2.24, 2.45) is 16.8 Å². The largest absolute Gasteiger partial charge is 0.409 e. The molecule has 0 aliphatic rings. The van der Waals surface area contributed by atoms with Gasteiger partial charge in [0, 0.05) is 12.6 Å². The van der Waals surface area contributed by atoms with Gasteiger partial charge in [0.05, 0.1) is 13.2 Å². The monoisotopic (exact) mass is 203 g/mol. The molecule has 0 aliphatic carbocycles. The van der Waals surface area contributed by atoms with E-state index in [1.807, 2.05) is 6.92 Å². The van der Waals surface area contributed by atoms with Gasteiger partial charge in [-0.25, -0.2) is 0 Å². The summed E-state index contributed by atoms with van der Waals surface area (Å²) in [6.07, 6.45) is 0. The van der Waals surface area contributed by atoms with Crippen LogP contribution in [0.2, 0.25) is 0 Å². The van der Waals surface area contributed by atoms with Crippen LogP contribution < -0.4 is 11.1 Å². The Morgan fingerprint density at radius 1 is 1.57 bits per heavy atom. The van der Waals surface area contributed by atoms with E-state index in [-0.39, 0.29) is 11.9 Å². The van der Waals surface area contributed by atoms with Crippen LogP contribution in [0, 0.1) is 5.92 Å². The van der Waals surface area contributed by atoms with Crippen LogP contribution >= 0.6 is 0 Å². The molecule has 4 N–H and O–H groups in total. The highest BCUT2D eigenvalue weighted by Crippen LogP contribution is 2.01. The van der Waals surface area contributed by atoms with Crippen molar-refractivity contribution >= 4 is 5.84 Å². The molecule has 84 valence electrons. The number of oxime groups is 1. The standard InChI is InChI=1S/C9H21N3O2/c1-4-14-6-8(7(2)3)11-5-9(10)12-13/h7-8,11,13H,4-6H2,1-3H3,(H2,10,12). The third-order valence-electron chi connectivity index (χ3n) is 1.98. The first-order valence-electron chi connectivity index (χ1n) is 4.89. The van der Waals surface area contributed by atoms with Gasteiger partial charge in [-0.1, -0.05) is 19.0 Å². The number of nitrogens with zero attached hydrogens (tertiary/aromatic N) is 1. The first-order valence-corrected chi connectivity index (χ1v) is 4.89. The molecular weight excluding hydrogens is 182 g/mol. The SMILES string of the molecule is CCOCC(NCC(N)=NO)C(C)C. The molecule has 0 fully saturated rings. The van der Waals surface area contributed by atoms with Gasteiger partial charge in [0.2, 0.25) is 0 Å². The second-order valence-corrected chi connectivity index (χ2v) is 3.48. The fourth-order valence-electron chi connectivity index (χ4n) is 1.00. The summed E-state index contributed by atoms with van der Waals surface area (Å²) in [7, 11) is 0. The first kappa shape index (κ1) is 13.2. The van der Waals surface area contributed by atoms with Gasteiger partial charge in [0.25, 0.3) is 0 Å². The Morgan fingerprint density at radius 3 is 2.64 bits per heavy atom. The number of hydrogen-bond acceptors (Lipinski definition) is 4. The van der Waals surface area contributed by atoms with Crippen LogP contribution in [0.4, 0.5) is 0 Å². The molecule has 5 heteroatoms. The number of amidine groups is 1. The molecule has 0 saturated heterocycles. The van der Waals surface area contributed by atoms with Crippen molar-refractivity contribution < 1.29 is 9.94 Å². The van der Waals surface area contributed by atoms with E-state index in [1.165, 1.54) is 0 Å². The Balaban J connectivity index is 3.84. The van der Waals surface area contributed by atoms with Gasteiger partial charge < -0.3 is 21.0 Å². The second-order valence-electron chi connectivity index (χ2n) is 3.48. The quantitative estimate of drug-likeness (QED) is 0.242. The lowest BCUT2D eigenvalue weighted by Crippen LogP contribution is -2.42. The zero-order valence-corrected chi connectivity index (χ0v) is 9.16. The van der Waals surface area contributed by atoms with Crippen LogP contribution in [0.25, 0.3) is 0 Å². The number of ether oxygens (including phenoxy) is 1. The minimum absolute atomic E-state index is 0.187. The molecule has 0 rings (SSSR count). The molecule has 0 aromatic rings. The average Bonchev–Trinajstić information content (AvgIpc) is 2.16. The summed E-state index contributed by atoms with van der Waals surface area (Å²) < 4.78 is 5.32. The lowest BCUT2D eigenvalue weighted by molar-refractivity contribution is 0.110. The van der Waals surface area contributed by atoms with Crippen molar-refractivity contribution in [2.75, 3.05) is 19.8 Å². The maximum atomic E-state index is 8.35. The van der Waals surface area contributed by atoms with Crippen molar-refractivity contribution in [3.8, 4) is 0 Å². The zero-order valence-electron chi connectivity index (χ0n) is 9.16. The number of hydrogen-bond donors (Lipinski definition) is 3. The smallest absolute Gasteiger partial charge is 0.153 e. The molecule has 0 radical (unpaired) electrons. The maximum absolute atomic E-state index is 8.35. The van der Waals surface area contributed by atoms with Gasteiger partial charge in [-0.3, -0.25) is 0 Å². The summed E-state index contributed by atoms with van der Waals surface area (Å²) in [6.45, 7) is 7.89. The normalized spacial score (nSPS) is 14.7. The second kappa shape index (κ2) is 7.58. The molecule has 0 spiro atoms. The van der Waals surface area contributed by atoms with E-state index in [2.05, 4.69) is 24.3 Å². The Bertz CT molecular complexity index is 171. The van der Waals surface area contributed by atoms with E-state index in [4.69, 9.17) is 15.7 Å². The van der Waals surface area contributed by atoms with Crippen molar-refractivity contribution in [3.05, 3.63) is 0 Å². The van der Waals surface area contributed by atoms with Crippen LogP contribution in [-0.2, 0) is 4.74 Å². The predicted molar refractivity (Wildman–Crippen MR) is 56.5 cm³/mol. The molecule has 5 nitrogen and oxygen atoms in total. The van der Waals surface area contributed by atoms with Crippen LogP contribution in [0.5, 0.6) is 0 Å². The molecule has 14 heavy (non-hydrogen) atoms. The number of rotatable bonds is 7. The van der Waals surface area contributed by atoms with Gasteiger partial charge >= 0.3 is 0 Å². The van der Waals surface area contributed by atoms with E-state index >= 15 is 0 Å². The van der Waals surface area contributed by atoms with Crippen molar-refractivity contribution in [1.29, 1.82) is 0 Å². The van der Waals surface area contributed by atoms with Gasteiger partial charge in [0.1, 0.15) is 0 Å². The molecule has 0 amide bonds. The molecule has 0 aliphatic heterocycles. The van der Waals surface area contributed by atoms with E-state index in [9.17, 15) is 0 Å². The highest BCUT2D eigenvalue weighted by atomic mass is 16.5. The lowest BCUT2D eigenvalue weighted by Gasteiger charge is -2.21. The summed E-state index contributed by atoms with van der Waals surface area (Å²) in [5.74, 6) is 0.639. The molecular formula is C9H21N3O2. The predicted octanol–water partition coefficient (Wildman–Crippen LogP) is 0.384. The summed E-state index contributed by atoms with van der Waals surface area (Å²) in [5, 5.41) is 14.4. The van der Waals surface area contributed by atoms with Gasteiger partial charge in [-0.05, 0) is 12.8 Å². The summed E-state index contributed by atoms with van der Waals surface area (Å²) >= 11 is 0. The van der Waals surface area contributed by atoms with E-state index in [1.54, 1.807) is 0 Å². The molecule has 0 heterocycles. The first-order chi connectivity index (χ1) is 6.61. The third kappa shape index (κ3) is 5.77. The topological polar surface area (TPSA) is 79.9 Å². The molecule has 0 bridgehead atoms. The van der Waals surface area contributed by atoms with Crippen LogP contribution in [-0.4, -0.2) is 36.8 Å². The molecule has 0 aromatic heterocycles. The highest BCUT2D eigenvalue weighted by Gasteiger charge is 2.12. The lowest BCUT2D eigenvalue weighted by atomic mass is 10.1. The summed E-state index contributed by atoms with van der Waals surface area (Å²) in [4.78, 5) is 0. The highest BCUT2D eigenvalue weighted by molar-refractivity contribution is 5.81. The number of nitrogens with two attached hydrogens (primary N) is 1. The van der Waals surface area contributed by atoms with Crippen molar-refractivity contribution in [1.82, 2.24) is 5.32 Å². The Kier molecular flexibility index (Phi) is 7.14. The van der Waals surface area contributed by atoms with Crippen molar-refractivity contribution in [2.45, 2.75) is 26.8 Å².